The zero-order chi connectivity index (χ0) is 13.5. The summed E-state index contributed by atoms with van der Waals surface area (Å²) in [6.07, 6.45) is -1.05. The van der Waals surface area contributed by atoms with E-state index in [1.54, 1.807) is 0 Å². The van der Waals surface area contributed by atoms with Crippen molar-refractivity contribution in [1.82, 2.24) is 0 Å². The number of nitro benzene ring substituents is 1. The molecule has 0 aliphatic carbocycles. The fraction of sp³-hybridized carbons (Fsp3) is 0.400. The highest BCUT2D eigenvalue weighted by atomic mass is 35.5. The smallest absolute Gasteiger partial charge is 0.304 e. The van der Waals surface area contributed by atoms with Gasteiger partial charge in [0.1, 0.15) is 6.23 Å². The van der Waals surface area contributed by atoms with Gasteiger partial charge in [0.15, 0.2) is 0 Å². The lowest BCUT2D eigenvalue weighted by Crippen LogP contribution is -2.25. The number of nitro groups is 1. The van der Waals surface area contributed by atoms with Gasteiger partial charge in [-0.15, -0.1) is 11.6 Å². The van der Waals surface area contributed by atoms with Crippen molar-refractivity contribution in [3.63, 3.8) is 0 Å². The summed E-state index contributed by atoms with van der Waals surface area (Å²) in [5.74, 6) is -0.669. The van der Waals surface area contributed by atoms with Gasteiger partial charge in [0, 0.05) is 23.7 Å². The molecule has 0 aliphatic rings. The number of benzene rings is 1. The van der Waals surface area contributed by atoms with E-state index in [4.69, 9.17) is 16.3 Å². The first kappa shape index (κ1) is 14.6. The summed E-state index contributed by atoms with van der Waals surface area (Å²) in [5.41, 5.74) is -0.395. The van der Waals surface area contributed by atoms with Crippen molar-refractivity contribution >= 4 is 23.0 Å². The molecule has 18 heavy (non-hydrogen) atoms. The minimum Gasteiger partial charge on any atom is -0.376 e. The fourth-order valence-corrected chi connectivity index (χ4v) is 1.34. The molecule has 0 spiro atoms. The highest BCUT2D eigenvalue weighted by Gasteiger charge is 2.14. The number of hydrogen-bond acceptors (Lipinski definition) is 5. The lowest BCUT2D eigenvalue weighted by atomic mass is 10.2. The van der Waals surface area contributed by atoms with Gasteiger partial charge in [0.05, 0.1) is 18.1 Å². The molecule has 0 aliphatic heterocycles. The molecule has 1 rings (SSSR count). The summed E-state index contributed by atoms with van der Waals surface area (Å²) in [4.78, 5) is 9.57. The van der Waals surface area contributed by atoms with Crippen molar-refractivity contribution in [2.24, 2.45) is 0 Å². The van der Waals surface area contributed by atoms with Gasteiger partial charge in [-0.2, -0.15) is 4.39 Å². The van der Waals surface area contributed by atoms with Crippen LogP contribution in [0.4, 0.5) is 15.8 Å². The second-order valence-electron chi connectivity index (χ2n) is 3.35. The van der Waals surface area contributed by atoms with E-state index in [0.717, 1.165) is 12.1 Å². The number of nitrogens with one attached hydrogen (secondary N) is 1. The predicted octanol–water partition coefficient (Wildman–Crippen LogP) is 1.72. The van der Waals surface area contributed by atoms with Gasteiger partial charge in [0.2, 0.25) is 5.82 Å². The van der Waals surface area contributed by atoms with Crippen LogP contribution in [-0.2, 0) is 4.74 Å². The van der Waals surface area contributed by atoms with Crippen LogP contribution in [0.2, 0.25) is 0 Å². The second-order valence-corrected chi connectivity index (χ2v) is 3.73. The van der Waals surface area contributed by atoms with E-state index in [2.05, 4.69) is 5.32 Å². The Morgan fingerprint density at radius 1 is 1.61 bits per heavy atom. The summed E-state index contributed by atoms with van der Waals surface area (Å²) >= 11 is 5.37. The summed E-state index contributed by atoms with van der Waals surface area (Å²) in [6.45, 7) is 0.264. The summed E-state index contributed by atoms with van der Waals surface area (Å²) in [7, 11) is 0. The molecule has 2 N–H and O–H groups in total. The van der Waals surface area contributed by atoms with Gasteiger partial charge < -0.3 is 15.2 Å². The minimum absolute atomic E-state index is 0.0225. The van der Waals surface area contributed by atoms with Crippen molar-refractivity contribution in [2.45, 2.75) is 6.23 Å². The third-order valence-corrected chi connectivity index (χ3v) is 2.13. The molecule has 0 fully saturated rings. The zero-order valence-corrected chi connectivity index (χ0v) is 10.1. The number of ether oxygens (including phenoxy) is 1. The van der Waals surface area contributed by atoms with E-state index in [-0.39, 0.29) is 18.9 Å². The van der Waals surface area contributed by atoms with Crippen molar-refractivity contribution in [3.8, 4) is 0 Å². The normalized spacial score (nSPS) is 12.2. The third-order valence-electron chi connectivity index (χ3n) is 1.97. The average Bonchev–Trinajstić information content (AvgIpc) is 2.28. The van der Waals surface area contributed by atoms with Gasteiger partial charge in [-0.1, -0.05) is 0 Å². The van der Waals surface area contributed by atoms with Crippen molar-refractivity contribution in [3.05, 3.63) is 34.1 Å². The Labute approximate surface area is 107 Å². The fourth-order valence-electron chi connectivity index (χ4n) is 1.23. The number of alkyl halides is 1. The van der Waals surface area contributed by atoms with Crippen LogP contribution in [0, 0.1) is 15.9 Å². The largest absolute Gasteiger partial charge is 0.376 e. The molecular weight excluding hydrogens is 267 g/mol. The topological polar surface area (TPSA) is 84.6 Å². The molecule has 0 radical (unpaired) electrons. The van der Waals surface area contributed by atoms with Gasteiger partial charge >= 0.3 is 5.69 Å². The molecule has 8 heteroatoms. The quantitative estimate of drug-likeness (QED) is 0.261. The number of nitrogens with zero attached hydrogens (tertiary/aromatic N) is 1. The SMILES string of the molecule is O=[N+]([O-])c1ccc(NC(O)COCCCl)cc1F. The molecule has 0 aromatic heterocycles. The molecule has 0 saturated carbocycles. The Morgan fingerprint density at radius 2 is 2.33 bits per heavy atom. The van der Waals surface area contributed by atoms with Crippen LogP contribution < -0.4 is 5.32 Å². The molecule has 0 bridgehead atoms. The molecule has 1 unspecified atom stereocenters. The van der Waals surface area contributed by atoms with Crippen LogP contribution in [0.5, 0.6) is 0 Å². The number of halogens is 2. The Balaban J connectivity index is 2.57. The van der Waals surface area contributed by atoms with Crippen molar-refractivity contribution < 1.29 is 19.2 Å². The molecule has 0 amide bonds. The first-order valence-electron chi connectivity index (χ1n) is 5.07. The van der Waals surface area contributed by atoms with Gasteiger partial charge in [-0.25, -0.2) is 0 Å². The number of hydrogen-bond donors (Lipinski definition) is 2. The van der Waals surface area contributed by atoms with E-state index < -0.39 is 22.7 Å². The Hall–Kier alpha value is -1.44. The second kappa shape index (κ2) is 7.10. The minimum atomic E-state index is -1.05. The molecule has 1 atom stereocenters. The lowest BCUT2D eigenvalue weighted by Gasteiger charge is -2.14. The summed E-state index contributed by atoms with van der Waals surface area (Å²) in [6, 6.07) is 3.25. The molecule has 0 saturated heterocycles. The maximum atomic E-state index is 13.2. The number of aliphatic hydroxyl groups excluding tert-OH is 1. The van der Waals surface area contributed by atoms with E-state index >= 15 is 0 Å². The first-order chi connectivity index (χ1) is 8.54. The number of rotatable bonds is 7. The highest BCUT2D eigenvalue weighted by molar-refractivity contribution is 6.17. The lowest BCUT2D eigenvalue weighted by molar-refractivity contribution is -0.387. The van der Waals surface area contributed by atoms with Gasteiger partial charge in [-0.3, -0.25) is 10.1 Å². The molecule has 1 aromatic rings. The predicted molar refractivity (Wildman–Crippen MR) is 64.2 cm³/mol. The molecule has 0 heterocycles. The molecular formula is C10H12ClFN2O4. The van der Waals surface area contributed by atoms with Crippen LogP contribution in [0.15, 0.2) is 18.2 Å². The van der Waals surface area contributed by atoms with Crippen LogP contribution in [0.1, 0.15) is 0 Å². The van der Waals surface area contributed by atoms with E-state index in [1.165, 1.54) is 6.07 Å². The van der Waals surface area contributed by atoms with Crippen LogP contribution in [0.3, 0.4) is 0 Å². The van der Waals surface area contributed by atoms with E-state index in [0.29, 0.717) is 5.88 Å². The monoisotopic (exact) mass is 278 g/mol. The van der Waals surface area contributed by atoms with Crippen molar-refractivity contribution in [2.75, 3.05) is 24.4 Å². The maximum absolute atomic E-state index is 13.2. The third kappa shape index (κ3) is 4.44. The molecule has 100 valence electrons. The maximum Gasteiger partial charge on any atom is 0.304 e. The Bertz CT molecular complexity index is 419. The van der Waals surface area contributed by atoms with Crippen LogP contribution in [0.25, 0.3) is 0 Å². The summed E-state index contributed by atoms with van der Waals surface area (Å²) < 4.78 is 18.2. The number of aliphatic hydroxyl groups is 1. The Morgan fingerprint density at radius 3 is 2.89 bits per heavy atom. The van der Waals surface area contributed by atoms with E-state index in [9.17, 15) is 19.6 Å². The van der Waals surface area contributed by atoms with Crippen LogP contribution >= 0.6 is 11.6 Å². The number of anilines is 1. The first-order valence-corrected chi connectivity index (χ1v) is 5.60. The Kier molecular flexibility index (Phi) is 5.76. The van der Waals surface area contributed by atoms with Crippen molar-refractivity contribution in [1.29, 1.82) is 0 Å². The zero-order valence-electron chi connectivity index (χ0n) is 9.31. The van der Waals surface area contributed by atoms with E-state index in [1.807, 2.05) is 0 Å². The van der Waals surface area contributed by atoms with Crippen LogP contribution in [-0.4, -0.2) is 35.4 Å². The summed E-state index contributed by atoms with van der Waals surface area (Å²) in [5, 5.41) is 22.4. The standard InChI is InChI=1S/C10H12ClFN2O4/c11-3-4-18-6-10(15)13-7-1-2-9(14(16)17)8(12)5-7/h1-2,5,10,13,15H,3-4,6H2. The van der Waals surface area contributed by atoms with Gasteiger partial charge in [-0.05, 0) is 6.07 Å². The highest BCUT2D eigenvalue weighted by Crippen LogP contribution is 2.21. The average molecular weight is 279 g/mol. The molecule has 1 aromatic carbocycles. The van der Waals surface area contributed by atoms with Gasteiger partial charge in [0.25, 0.3) is 0 Å². The molecule has 6 nitrogen and oxygen atoms in total.